The Morgan fingerprint density at radius 3 is 2.86 bits per heavy atom. The van der Waals surface area contributed by atoms with Crippen LogP contribution in [-0.4, -0.2) is 54.4 Å². The smallest absolute Gasteiger partial charge is 0.284 e. The fourth-order valence-corrected chi connectivity index (χ4v) is 3.26. The molecule has 0 spiro atoms. The number of nitro benzene ring substituents is 1. The van der Waals surface area contributed by atoms with Crippen LogP contribution in [0.2, 0.25) is 0 Å². The summed E-state index contributed by atoms with van der Waals surface area (Å²) in [5, 5.41) is 10.9. The average Bonchev–Trinajstić information content (AvgIpc) is 2.83. The van der Waals surface area contributed by atoms with E-state index in [0.717, 1.165) is 19.5 Å². The van der Waals surface area contributed by atoms with Crippen LogP contribution in [0.25, 0.3) is 0 Å². The maximum Gasteiger partial charge on any atom is 0.284 e. The van der Waals surface area contributed by atoms with Gasteiger partial charge >= 0.3 is 0 Å². The zero-order valence-electron chi connectivity index (χ0n) is 12.1. The van der Waals surface area contributed by atoms with Crippen molar-refractivity contribution in [2.24, 2.45) is 5.92 Å². The predicted molar refractivity (Wildman–Crippen MR) is 83.4 cm³/mol. The molecule has 1 aliphatic heterocycles. The molecular weight excluding hydrogens is 338 g/mol. The molecule has 114 valence electrons. The molecular formula is C14H18BrN3O3. The van der Waals surface area contributed by atoms with Crippen molar-refractivity contribution in [2.45, 2.75) is 6.42 Å². The van der Waals surface area contributed by atoms with Gasteiger partial charge < -0.3 is 9.80 Å². The molecule has 21 heavy (non-hydrogen) atoms. The first kappa shape index (κ1) is 15.9. The second-order valence-corrected chi connectivity index (χ2v) is 6.29. The Bertz CT molecular complexity index is 564. The maximum atomic E-state index is 12.5. The highest BCUT2D eigenvalue weighted by atomic mass is 79.9. The van der Waals surface area contributed by atoms with Crippen LogP contribution in [0.3, 0.4) is 0 Å². The standard InChI is InChI=1S/C14H18BrN3O3/c1-16-7-6-10(8-16)9-17(2)14(19)11-4-3-5-12(13(11)15)18(20)21/h3-5,10H,6-9H2,1-2H3. The van der Waals surface area contributed by atoms with Gasteiger partial charge in [-0.25, -0.2) is 0 Å². The monoisotopic (exact) mass is 355 g/mol. The van der Waals surface area contributed by atoms with Crippen LogP contribution in [0.5, 0.6) is 0 Å². The number of likely N-dealkylation sites (tertiary alicyclic amines) is 1. The quantitative estimate of drug-likeness (QED) is 0.614. The first-order chi connectivity index (χ1) is 9.90. The van der Waals surface area contributed by atoms with Gasteiger partial charge in [0, 0.05) is 26.2 Å². The Morgan fingerprint density at radius 2 is 2.29 bits per heavy atom. The van der Waals surface area contributed by atoms with Gasteiger partial charge in [0.2, 0.25) is 0 Å². The van der Waals surface area contributed by atoms with E-state index < -0.39 is 4.92 Å². The number of nitrogens with zero attached hydrogens (tertiary/aromatic N) is 3. The molecule has 0 saturated carbocycles. The van der Waals surface area contributed by atoms with Gasteiger partial charge in [-0.15, -0.1) is 0 Å². The van der Waals surface area contributed by atoms with E-state index in [9.17, 15) is 14.9 Å². The zero-order chi connectivity index (χ0) is 15.6. The molecule has 1 saturated heterocycles. The van der Waals surface area contributed by atoms with Crippen molar-refractivity contribution in [3.05, 3.63) is 38.3 Å². The van der Waals surface area contributed by atoms with Crippen LogP contribution < -0.4 is 0 Å². The van der Waals surface area contributed by atoms with Crippen LogP contribution in [0, 0.1) is 16.0 Å². The second kappa shape index (κ2) is 6.53. The molecule has 1 atom stereocenters. The van der Waals surface area contributed by atoms with E-state index in [1.165, 1.54) is 12.1 Å². The Hall–Kier alpha value is -1.47. The van der Waals surface area contributed by atoms with Gasteiger partial charge in [-0.05, 0) is 47.9 Å². The molecule has 1 aromatic carbocycles. The molecule has 0 bridgehead atoms. The van der Waals surface area contributed by atoms with Crippen molar-refractivity contribution in [3.8, 4) is 0 Å². The van der Waals surface area contributed by atoms with Crippen molar-refractivity contribution in [1.82, 2.24) is 9.80 Å². The zero-order valence-corrected chi connectivity index (χ0v) is 13.7. The Morgan fingerprint density at radius 1 is 1.57 bits per heavy atom. The fraction of sp³-hybridized carbons (Fsp3) is 0.500. The Labute approximate surface area is 132 Å². The summed E-state index contributed by atoms with van der Waals surface area (Å²) in [4.78, 5) is 26.8. The summed E-state index contributed by atoms with van der Waals surface area (Å²) < 4.78 is 0.246. The van der Waals surface area contributed by atoms with Crippen molar-refractivity contribution >= 4 is 27.5 Å². The minimum atomic E-state index is -0.493. The van der Waals surface area contributed by atoms with Crippen molar-refractivity contribution < 1.29 is 9.72 Å². The van der Waals surface area contributed by atoms with Crippen LogP contribution in [0.15, 0.2) is 22.7 Å². The van der Waals surface area contributed by atoms with Gasteiger partial charge in [0.25, 0.3) is 11.6 Å². The number of benzene rings is 1. The Balaban J connectivity index is 2.12. The van der Waals surface area contributed by atoms with Crippen LogP contribution >= 0.6 is 15.9 Å². The third kappa shape index (κ3) is 3.59. The topological polar surface area (TPSA) is 66.7 Å². The Kier molecular flexibility index (Phi) is 4.95. The number of halogens is 1. The molecule has 0 aliphatic carbocycles. The summed E-state index contributed by atoms with van der Waals surface area (Å²) in [7, 11) is 3.81. The molecule has 2 rings (SSSR count). The molecule has 1 aliphatic rings. The SMILES string of the molecule is CN1CCC(CN(C)C(=O)c2cccc([N+](=O)[O-])c2Br)C1. The highest BCUT2D eigenvalue weighted by molar-refractivity contribution is 9.10. The summed E-state index contributed by atoms with van der Waals surface area (Å²) in [6.45, 7) is 2.69. The number of carbonyl (C=O) groups excluding carboxylic acids is 1. The maximum absolute atomic E-state index is 12.5. The molecule has 7 heteroatoms. The molecule has 1 amide bonds. The highest BCUT2D eigenvalue weighted by Crippen LogP contribution is 2.29. The molecule has 6 nitrogen and oxygen atoms in total. The molecule has 1 unspecified atom stereocenters. The van der Waals surface area contributed by atoms with Crippen LogP contribution in [0.1, 0.15) is 16.8 Å². The number of rotatable bonds is 4. The number of nitro groups is 1. The summed E-state index contributed by atoms with van der Waals surface area (Å²) in [5.74, 6) is 0.265. The van der Waals surface area contributed by atoms with E-state index in [2.05, 4.69) is 27.9 Å². The number of amides is 1. The lowest BCUT2D eigenvalue weighted by Crippen LogP contribution is -2.33. The summed E-state index contributed by atoms with van der Waals surface area (Å²) in [5.41, 5.74) is 0.243. The normalized spacial score (nSPS) is 18.7. The predicted octanol–water partition coefficient (Wildman–Crippen LogP) is 2.38. The minimum Gasteiger partial charge on any atom is -0.341 e. The highest BCUT2D eigenvalue weighted by Gasteiger charge is 2.25. The van der Waals surface area contributed by atoms with Gasteiger partial charge in [0.05, 0.1) is 10.5 Å². The van der Waals surface area contributed by atoms with Crippen LogP contribution in [0.4, 0.5) is 5.69 Å². The lowest BCUT2D eigenvalue weighted by molar-refractivity contribution is -0.385. The molecule has 1 heterocycles. The summed E-state index contributed by atoms with van der Waals surface area (Å²) >= 11 is 3.18. The van der Waals surface area contributed by atoms with Gasteiger partial charge in [-0.1, -0.05) is 6.07 Å². The van der Waals surface area contributed by atoms with E-state index in [-0.39, 0.29) is 16.1 Å². The van der Waals surface area contributed by atoms with E-state index >= 15 is 0 Å². The van der Waals surface area contributed by atoms with E-state index in [1.807, 2.05) is 0 Å². The van der Waals surface area contributed by atoms with E-state index in [1.54, 1.807) is 18.0 Å². The minimum absolute atomic E-state index is 0.0881. The van der Waals surface area contributed by atoms with Gasteiger partial charge in [-0.2, -0.15) is 0 Å². The summed E-state index contributed by atoms with van der Waals surface area (Å²) in [6, 6.07) is 4.52. The van der Waals surface area contributed by atoms with Crippen molar-refractivity contribution in [1.29, 1.82) is 0 Å². The first-order valence-electron chi connectivity index (χ1n) is 6.77. The van der Waals surface area contributed by atoms with E-state index in [0.29, 0.717) is 18.0 Å². The number of carbonyl (C=O) groups is 1. The molecule has 0 N–H and O–H groups in total. The first-order valence-corrected chi connectivity index (χ1v) is 7.56. The third-order valence-electron chi connectivity index (χ3n) is 3.77. The van der Waals surface area contributed by atoms with E-state index in [4.69, 9.17) is 0 Å². The third-order valence-corrected chi connectivity index (χ3v) is 4.61. The lowest BCUT2D eigenvalue weighted by atomic mass is 10.1. The second-order valence-electron chi connectivity index (χ2n) is 5.50. The molecule has 0 aromatic heterocycles. The number of hydrogen-bond donors (Lipinski definition) is 0. The average molecular weight is 356 g/mol. The largest absolute Gasteiger partial charge is 0.341 e. The van der Waals surface area contributed by atoms with Crippen LogP contribution in [-0.2, 0) is 0 Å². The summed E-state index contributed by atoms with van der Waals surface area (Å²) in [6.07, 6.45) is 1.07. The fourth-order valence-electron chi connectivity index (χ4n) is 2.68. The molecule has 1 fully saturated rings. The van der Waals surface area contributed by atoms with Crippen molar-refractivity contribution in [3.63, 3.8) is 0 Å². The van der Waals surface area contributed by atoms with Gasteiger partial charge in [-0.3, -0.25) is 14.9 Å². The number of hydrogen-bond acceptors (Lipinski definition) is 4. The molecule has 1 aromatic rings. The van der Waals surface area contributed by atoms with Gasteiger partial charge in [0.1, 0.15) is 4.47 Å². The van der Waals surface area contributed by atoms with Crippen molar-refractivity contribution in [2.75, 3.05) is 33.7 Å². The van der Waals surface area contributed by atoms with Gasteiger partial charge in [0.15, 0.2) is 0 Å². The molecule has 0 radical (unpaired) electrons. The lowest BCUT2D eigenvalue weighted by Gasteiger charge is -2.21.